The lowest BCUT2D eigenvalue weighted by atomic mass is 10.0. The fraction of sp³-hybridized carbons (Fsp3) is 0.533. The monoisotopic (exact) mass is 429 g/mol. The van der Waals surface area contributed by atoms with Crippen LogP contribution in [0.25, 0.3) is 0 Å². The molecule has 9 heteroatoms. The van der Waals surface area contributed by atoms with E-state index in [0.29, 0.717) is 0 Å². The van der Waals surface area contributed by atoms with Crippen molar-refractivity contribution in [2.45, 2.75) is 44.2 Å². The van der Waals surface area contributed by atoms with E-state index in [1.165, 1.54) is 13.2 Å². The molecule has 0 aromatic heterocycles. The summed E-state index contributed by atoms with van der Waals surface area (Å²) in [6, 6.07) is 2.46. The van der Waals surface area contributed by atoms with Gasteiger partial charge in [0.1, 0.15) is 0 Å². The van der Waals surface area contributed by atoms with Crippen LogP contribution in [-0.2, 0) is 26.7 Å². The van der Waals surface area contributed by atoms with Crippen LogP contribution in [0.5, 0.6) is 0 Å². The lowest BCUT2D eigenvalue weighted by Crippen LogP contribution is -2.36. The number of ether oxygens (including phenoxy) is 1. The van der Waals surface area contributed by atoms with Crippen molar-refractivity contribution in [3.8, 4) is 0 Å². The number of benzene rings is 1. The molecule has 4 nitrogen and oxygen atoms in total. The van der Waals surface area contributed by atoms with Gasteiger partial charge in [0.25, 0.3) is 0 Å². The molecular formula is C15H19BrF3NO3S. The fourth-order valence-electron chi connectivity index (χ4n) is 1.76. The Morgan fingerprint density at radius 3 is 2.33 bits per heavy atom. The van der Waals surface area contributed by atoms with Crippen molar-refractivity contribution in [1.82, 2.24) is 4.72 Å². The van der Waals surface area contributed by atoms with Gasteiger partial charge in [0, 0.05) is 4.47 Å². The zero-order valence-electron chi connectivity index (χ0n) is 13.7. The predicted octanol–water partition coefficient (Wildman–Crippen LogP) is 4.12. The Morgan fingerprint density at radius 2 is 1.88 bits per heavy atom. The first-order valence-corrected chi connectivity index (χ1v) is 8.91. The molecule has 1 aromatic carbocycles. The van der Waals surface area contributed by atoms with Crippen molar-refractivity contribution in [2.24, 2.45) is 0 Å². The highest BCUT2D eigenvalue weighted by Crippen LogP contribution is 2.34. The van der Waals surface area contributed by atoms with Gasteiger partial charge in [-0.1, -0.05) is 15.9 Å². The van der Waals surface area contributed by atoms with E-state index >= 15 is 0 Å². The van der Waals surface area contributed by atoms with Gasteiger partial charge in [0.15, 0.2) is 0 Å². The second kappa shape index (κ2) is 7.97. The first-order valence-electron chi connectivity index (χ1n) is 6.97. The molecule has 1 aromatic rings. The molecular weight excluding hydrogens is 411 g/mol. The Balaban J connectivity index is 3.26. The molecule has 2 atom stereocenters. The van der Waals surface area contributed by atoms with Crippen molar-refractivity contribution in [3.63, 3.8) is 0 Å². The molecule has 0 saturated heterocycles. The van der Waals surface area contributed by atoms with E-state index < -0.39 is 39.5 Å². The van der Waals surface area contributed by atoms with Crippen LogP contribution in [0.1, 0.15) is 44.4 Å². The summed E-state index contributed by atoms with van der Waals surface area (Å²) in [5.41, 5.74) is -0.662. The van der Waals surface area contributed by atoms with Gasteiger partial charge >= 0.3 is 12.1 Å². The van der Waals surface area contributed by atoms with Crippen LogP contribution in [0.2, 0.25) is 0 Å². The molecule has 0 aliphatic heterocycles. The van der Waals surface area contributed by atoms with Crippen molar-refractivity contribution in [3.05, 3.63) is 33.8 Å². The fourth-order valence-corrected chi connectivity index (χ4v) is 3.10. The lowest BCUT2D eigenvalue weighted by Gasteiger charge is -2.24. The molecule has 0 radical (unpaired) electrons. The lowest BCUT2D eigenvalue weighted by molar-refractivity contribution is -0.141. The topological polar surface area (TPSA) is 55.4 Å². The molecule has 0 unspecified atom stereocenters. The summed E-state index contributed by atoms with van der Waals surface area (Å²) in [6.07, 6.45) is -4.77. The van der Waals surface area contributed by atoms with Gasteiger partial charge in [-0.15, -0.1) is 0 Å². The van der Waals surface area contributed by atoms with Crippen LogP contribution in [0, 0.1) is 0 Å². The molecule has 0 fully saturated rings. The molecule has 1 N–H and O–H groups in total. The van der Waals surface area contributed by atoms with Gasteiger partial charge in [-0.05, 0) is 44.5 Å². The van der Waals surface area contributed by atoms with Gasteiger partial charge in [0.2, 0.25) is 0 Å². The summed E-state index contributed by atoms with van der Waals surface area (Å²) < 4.78 is 58.2. The third kappa shape index (κ3) is 6.18. The minimum absolute atomic E-state index is 0.194. The minimum Gasteiger partial charge on any atom is -0.469 e. The highest BCUT2D eigenvalue weighted by molar-refractivity contribution is 9.10. The quantitative estimate of drug-likeness (QED) is 0.716. The number of alkyl halides is 3. The zero-order chi connectivity index (χ0) is 18.7. The van der Waals surface area contributed by atoms with E-state index in [0.717, 1.165) is 12.1 Å². The van der Waals surface area contributed by atoms with Crippen LogP contribution in [0.3, 0.4) is 0 Å². The highest BCUT2D eigenvalue weighted by atomic mass is 79.9. The molecule has 0 amide bonds. The first kappa shape index (κ1) is 21.1. The highest BCUT2D eigenvalue weighted by Gasteiger charge is 2.33. The number of esters is 1. The van der Waals surface area contributed by atoms with Gasteiger partial charge in [0.05, 0.1) is 40.9 Å². The minimum atomic E-state index is -4.53. The number of carbonyl (C=O) groups is 1. The average molecular weight is 430 g/mol. The number of hydrogen-bond donors (Lipinski definition) is 1. The number of hydrogen-bond acceptors (Lipinski definition) is 3. The van der Waals surface area contributed by atoms with Gasteiger partial charge in [-0.25, -0.2) is 8.93 Å². The molecule has 0 saturated carbocycles. The molecule has 0 spiro atoms. The standard InChI is InChI=1S/C15H19BrF3NO3S/c1-14(2,3)24(22)20-12(8-13(21)23-4)9-5-10(15(17,18)19)7-11(16)6-9/h5-7,12,20H,8H2,1-4H3/t12-,24+/m0/s1. The number of carbonyl (C=O) groups excluding carboxylic acids is 1. The Hall–Kier alpha value is -0.930. The Morgan fingerprint density at radius 1 is 1.29 bits per heavy atom. The van der Waals surface area contributed by atoms with E-state index in [9.17, 15) is 22.2 Å². The predicted molar refractivity (Wildman–Crippen MR) is 89.5 cm³/mol. The molecule has 0 bridgehead atoms. The smallest absolute Gasteiger partial charge is 0.416 e. The average Bonchev–Trinajstić information content (AvgIpc) is 2.43. The summed E-state index contributed by atoms with van der Waals surface area (Å²) in [7, 11) is -0.392. The summed E-state index contributed by atoms with van der Waals surface area (Å²) >= 11 is 3.04. The Labute approximate surface area is 149 Å². The van der Waals surface area contributed by atoms with Crippen LogP contribution in [-0.4, -0.2) is 22.0 Å². The van der Waals surface area contributed by atoms with Crippen molar-refractivity contribution in [1.29, 1.82) is 0 Å². The molecule has 0 heterocycles. The third-order valence-corrected chi connectivity index (χ3v) is 5.12. The number of methoxy groups -OCH3 is 1. The number of halogens is 4. The van der Waals surface area contributed by atoms with Crippen molar-refractivity contribution >= 4 is 32.9 Å². The molecule has 24 heavy (non-hydrogen) atoms. The van der Waals surface area contributed by atoms with Crippen LogP contribution in [0.4, 0.5) is 13.2 Å². The molecule has 136 valence electrons. The second-order valence-electron chi connectivity index (χ2n) is 6.10. The maximum Gasteiger partial charge on any atom is 0.416 e. The van der Waals surface area contributed by atoms with Crippen molar-refractivity contribution in [2.75, 3.05) is 7.11 Å². The SMILES string of the molecule is COC(=O)C[C@H](N[S@](=O)C(C)(C)C)c1cc(Br)cc(C(F)(F)F)c1. The Kier molecular flexibility index (Phi) is 7.01. The maximum absolute atomic E-state index is 13.0. The van der Waals surface area contributed by atoms with E-state index in [-0.39, 0.29) is 16.5 Å². The van der Waals surface area contributed by atoms with Gasteiger partial charge < -0.3 is 4.74 Å². The van der Waals surface area contributed by atoms with Crippen molar-refractivity contribution < 1.29 is 26.9 Å². The molecule has 1 rings (SSSR count). The van der Waals surface area contributed by atoms with Crippen LogP contribution in [0.15, 0.2) is 22.7 Å². The van der Waals surface area contributed by atoms with E-state index in [2.05, 4.69) is 25.4 Å². The van der Waals surface area contributed by atoms with Crippen LogP contribution >= 0.6 is 15.9 Å². The molecule has 0 aliphatic carbocycles. The third-order valence-electron chi connectivity index (χ3n) is 3.05. The summed E-state index contributed by atoms with van der Waals surface area (Å²) in [5, 5.41) is 0. The number of nitrogens with one attached hydrogen (secondary N) is 1. The van der Waals surface area contributed by atoms with Gasteiger partial charge in [-0.3, -0.25) is 4.79 Å². The first-order chi connectivity index (χ1) is 10.8. The zero-order valence-corrected chi connectivity index (χ0v) is 16.1. The Bertz CT molecular complexity index is 629. The summed E-state index contributed by atoms with van der Waals surface area (Å²) in [6.45, 7) is 5.15. The van der Waals surface area contributed by atoms with E-state index in [1.54, 1.807) is 20.8 Å². The summed E-state index contributed by atoms with van der Waals surface area (Å²) in [4.78, 5) is 11.6. The van der Waals surface area contributed by atoms with Gasteiger partial charge in [-0.2, -0.15) is 13.2 Å². The normalized spacial score (nSPS) is 15.0. The van der Waals surface area contributed by atoms with E-state index in [1.807, 2.05) is 0 Å². The van der Waals surface area contributed by atoms with Crippen LogP contribution < -0.4 is 4.72 Å². The summed E-state index contributed by atoms with van der Waals surface area (Å²) in [5.74, 6) is -0.619. The largest absolute Gasteiger partial charge is 0.469 e. The maximum atomic E-state index is 13.0. The number of rotatable bonds is 5. The second-order valence-corrected chi connectivity index (χ2v) is 9.02. The van der Waals surface area contributed by atoms with E-state index in [4.69, 9.17) is 0 Å². The molecule has 0 aliphatic rings.